The number of rotatable bonds is 3. The Hall–Kier alpha value is -0.0800. The van der Waals surface area contributed by atoms with Crippen molar-refractivity contribution in [2.24, 2.45) is 0 Å². The molecule has 2 heteroatoms. The van der Waals surface area contributed by atoms with Crippen molar-refractivity contribution in [3.8, 4) is 0 Å². The molecule has 0 bridgehead atoms. The number of nitrogens with zero attached hydrogens (tertiary/aromatic N) is 2. The van der Waals surface area contributed by atoms with Crippen molar-refractivity contribution in [1.82, 2.24) is 10.4 Å². The van der Waals surface area contributed by atoms with Gasteiger partial charge in [0, 0.05) is 19.6 Å². The Morgan fingerprint density at radius 2 is 2.18 bits per heavy atom. The van der Waals surface area contributed by atoms with E-state index >= 15 is 0 Å². The maximum atomic E-state index is 4.49. The zero-order valence-electron chi connectivity index (χ0n) is 7.55. The van der Waals surface area contributed by atoms with Gasteiger partial charge in [0.15, 0.2) is 0 Å². The van der Waals surface area contributed by atoms with Gasteiger partial charge in [-0.1, -0.05) is 19.8 Å². The smallest absolute Gasteiger partial charge is 0.0306 e. The summed E-state index contributed by atoms with van der Waals surface area (Å²) in [7, 11) is 0. The molecule has 11 heavy (non-hydrogen) atoms. The Morgan fingerprint density at radius 3 is 3.00 bits per heavy atom. The van der Waals surface area contributed by atoms with E-state index in [4.69, 9.17) is 0 Å². The first kappa shape index (κ1) is 9.01. The molecule has 1 rings (SSSR count). The third kappa shape index (κ3) is 3.73. The molecule has 0 spiro atoms. The molecule has 0 aromatic rings. The third-order valence-electron chi connectivity index (χ3n) is 2.14. The van der Waals surface area contributed by atoms with E-state index in [1.165, 1.54) is 45.2 Å². The highest BCUT2D eigenvalue weighted by molar-refractivity contribution is 4.58. The first-order valence-electron chi connectivity index (χ1n) is 4.86. The summed E-state index contributed by atoms with van der Waals surface area (Å²) in [5.41, 5.74) is 4.49. The SMILES string of the molecule is CCCCN1CCCCC[N]1. The Bertz CT molecular complexity index is 85.6. The van der Waals surface area contributed by atoms with E-state index in [-0.39, 0.29) is 0 Å². The molecule has 1 radical (unpaired) electrons. The minimum atomic E-state index is 1.06. The zero-order valence-corrected chi connectivity index (χ0v) is 7.55. The average Bonchev–Trinajstić information content (AvgIpc) is 2.28. The van der Waals surface area contributed by atoms with Crippen LogP contribution in [0.5, 0.6) is 0 Å². The topological polar surface area (TPSA) is 17.3 Å². The fourth-order valence-electron chi connectivity index (χ4n) is 1.39. The molecule has 1 aliphatic heterocycles. The van der Waals surface area contributed by atoms with E-state index in [2.05, 4.69) is 17.4 Å². The van der Waals surface area contributed by atoms with E-state index in [0.29, 0.717) is 0 Å². The summed E-state index contributed by atoms with van der Waals surface area (Å²) in [4.78, 5) is 0. The first-order valence-corrected chi connectivity index (χ1v) is 4.86. The minimum absolute atomic E-state index is 1.06. The lowest BCUT2D eigenvalue weighted by molar-refractivity contribution is 0.190. The Labute approximate surface area is 69.9 Å². The van der Waals surface area contributed by atoms with Gasteiger partial charge in [-0.2, -0.15) is 5.43 Å². The normalized spacial score (nSPS) is 21.5. The molecule has 1 fully saturated rings. The lowest BCUT2D eigenvalue weighted by Crippen LogP contribution is -2.32. The fraction of sp³-hybridized carbons (Fsp3) is 1.00. The predicted molar refractivity (Wildman–Crippen MR) is 47.3 cm³/mol. The summed E-state index contributed by atoms with van der Waals surface area (Å²) in [6, 6.07) is 0. The minimum Gasteiger partial charge on any atom is -0.227 e. The van der Waals surface area contributed by atoms with Crippen LogP contribution >= 0.6 is 0 Å². The third-order valence-corrected chi connectivity index (χ3v) is 2.14. The van der Waals surface area contributed by atoms with Crippen LogP contribution < -0.4 is 5.43 Å². The quantitative estimate of drug-likeness (QED) is 0.607. The van der Waals surface area contributed by atoms with Crippen LogP contribution in [0.4, 0.5) is 0 Å². The molecule has 0 aromatic carbocycles. The summed E-state index contributed by atoms with van der Waals surface area (Å²) in [5, 5.41) is 2.26. The summed E-state index contributed by atoms with van der Waals surface area (Å²) in [6.07, 6.45) is 6.58. The summed E-state index contributed by atoms with van der Waals surface area (Å²) in [6.45, 7) is 5.66. The van der Waals surface area contributed by atoms with Crippen LogP contribution in [0.3, 0.4) is 0 Å². The van der Waals surface area contributed by atoms with Crippen LogP contribution in [-0.2, 0) is 0 Å². The maximum Gasteiger partial charge on any atom is 0.0306 e. The predicted octanol–water partition coefficient (Wildman–Crippen LogP) is 1.79. The van der Waals surface area contributed by atoms with Gasteiger partial charge < -0.3 is 0 Å². The second-order valence-electron chi connectivity index (χ2n) is 3.23. The Morgan fingerprint density at radius 1 is 1.27 bits per heavy atom. The Kier molecular flexibility index (Phi) is 4.55. The molecule has 65 valence electrons. The standard InChI is InChI=1S/C9H19N2/c1-2-3-8-11-9-6-4-5-7-10-11/h2-9H2,1H3. The molecule has 1 aliphatic rings. The second kappa shape index (κ2) is 5.56. The van der Waals surface area contributed by atoms with Crippen molar-refractivity contribution in [3.05, 3.63) is 0 Å². The van der Waals surface area contributed by atoms with Crippen molar-refractivity contribution in [1.29, 1.82) is 0 Å². The molecule has 0 amide bonds. The molecule has 0 aromatic heterocycles. The average molecular weight is 155 g/mol. The van der Waals surface area contributed by atoms with Gasteiger partial charge in [0.05, 0.1) is 0 Å². The fourth-order valence-corrected chi connectivity index (χ4v) is 1.39. The maximum absolute atomic E-state index is 4.49. The van der Waals surface area contributed by atoms with Crippen molar-refractivity contribution in [2.75, 3.05) is 19.6 Å². The van der Waals surface area contributed by atoms with Gasteiger partial charge in [-0.05, 0) is 19.3 Å². The number of hydrogen-bond acceptors (Lipinski definition) is 1. The van der Waals surface area contributed by atoms with Crippen LogP contribution in [0, 0.1) is 0 Å². The van der Waals surface area contributed by atoms with Crippen LogP contribution in [-0.4, -0.2) is 24.6 Å². The van der Waals surface area contributed by atoms with Gasteiger partial charge in [-0.3, -0.25) is 0 Å². The van der Waals surface area contributed by atoms with Gasteiger partial charge in [0.2, 0.25) is 0 Å². The highest BCUT2D eigenvalue weighted by Crippen LogP contribution is 2.04. The first-order chi connectivity index (χ1) is 5.43. The van der Waals surface area contributed by atoms with E-state index < -0.39 is 0 Å². The molecule has 1 heterocycles. The van der Waals surface area contributed by atoms with Crippen LogP contribution in [0.1, 0.15) is 39.0 Å². The van der Waals surface area contributed by atoms with Crippen molar-refractivity contribution in [2.45, 2.75) is 39.0 Å². The van der Waals surface area contributed by atoms with E-state index in [1.807, 2.05) is 0 Å². The molecule has 0 aliphatic carbocycles. The highest BCUT2D eigenvalue weighted by atomic mass is 15.5. The van der Waals surface area contributed by atoms with E-state index in [0.717, 1.165) is 6.54 Å². The lowest BCUT2D eigenvalue weighted by Gasteiger charge is -2.17. The molecule has 0 saturated carbocycles. The van der Waals surface area contributed by atoms with Gasteiger partial charge in [0.25, 0.3) is 0 Å². The summed E-state index contributed by atoms with van der Waals surface area (Å²) in [5.74, 6) is 0. The summed E-state index contributed by atoms with van der Waals surface area (Å²) >= 11 is 0. The van der Waals surface area contributed by atoms with Crippen LogP contribution in [0.2, 0.25) is 0 Å². The van der Waals surface area contributed by atoms with Gasteiger partial charge in [-0.25, -0.2) is 5.01 Å². The Balaban J connectivity index is 2.09. The van der Waals surface area contributed by atoms with Gasteiger partial charge >= 0.3 is 0 Å². The summed E-state index contributed by atoms with van der Waals surface area (Å²) < 4.78 is 0. The molecule has 2 nitrogen and oxygen atoms in total. The molecule has 0 unspecified atom stereocenters. The van der Waals surface area contributed by atoms with Gasteiger partial charge in [0.1, 0.15) is 0 Å². The van der Waals surface area contributed by atoms with Crippen LogP contribution in [0.15, 0.2) is 0 Å². The molecular formula is C9H19N2. The zero-order chi connectivity index (χ0) is 7.94. The largest absolute Gasteiger partial charge is 0.227 e. The monoisotopic (exact) mass is 155 g/mol. The highest BCUT2D eigenvalue weighted by Gasteiger charge is 2.07. The van der Waals surface area contributed by atoms with E-state index in [9.17, 15) is 0 Å². The molecule has 0 N–H and O–H groups in total. The van der Waals surface area contributed by atoms with Crippen molar-refractivity contribution < 1.29 is 0 Å². The van der Waals surface area contributed by atoms with Crippen molar-refractivity contribution in [3.63, 3.8) is 0 Å². The van der Waals surface area contributed by atoms with Crippen LogP contribution in [0.25, 0.3) is 0 Å². The number of unbranched alkanes of at least 4 members (excludes halogenated alkanes) is 1. The molecular weight excluding hydrogens is 136 g/mol. The van der Waals surface area contributed by atoms with Gasteiger partial charge in [-0.15, -0.1) is 0 Å². The number of hydrogen-bond donors (Lipinski definition) is 0. The second-order valence-corrected chi connectivity index (χ2v) is 3.23. The molecule has 1 saturated heterocycles. The molecule has 0 atom stereocenters. The lowest BCUT2D eigenvalue weighted by atomic mass is 10.2. The van der Waals surface area contributed by atoms with Crippen molar-refractivity contribution >= 4 is 0 Å². The van der Waals surface area contributed by atoms with E-state index in [1.54, 1.807) is 0 Å².